The Bertz CT molecular complexity index is 1690. The highest BCUT2D eigenvalue weighted by Crippen LogP contribution is 2.54. The fourth-order valence-electron chi connectivity index (χ4n) is 6.83. The number of phenols is 2. The van der Waals surface area contributed by atoms with Crippen molar-refractivity contribution in [1.29, 1.82) is 5.53 Å². The third-order valence-corrected chi connectivity index (χ3v) is 9.66. The van der Waals surface area contributed by atoms with E-state index in [0.717, 1.165) is 28.7 Å². The molecule has 8 nitrogen and oxygen atoms in total. The molecule has 1 aliphatic carbocycles. The summed E-state index contributed by atoms with van der Waals surface area (Å²) >= 11 is 0. The Balaban J connectivity index is 1.37. The Morgan fingerprint density at radius 3 is 2.45 bits per heavy atom. The molecule has 1 saturated carbocycles. The second-order valence-electron chi connectivity index (χ2n) is 13.8. The minimum absolute atomic E-state index is 0.0452. The second-order valence-corrected chi connectivity index (χ2v) is 13.8. The van der Waals surface area contributed by atoms with E-state index in [-0.39, 0.29) is 29.4 Å². The fraction of sp³-hybridized carbons (Fsp3) is 0.385. The summed E-state index contributed by atoms with van der Waals surface area (Å²) in [5.41, 5.74) is 12.6. The summed E-state index contributed by atoms with van der Waals surface area (Å²) in [7, 11) is 0. The molecule has 0 radical (unpaired) electrons. The molecule has 0 unspecified atom stereocenters. The number of allylic oxidation sites excluding steroid dienone is 2. The number of aliphatic hydroxyl groups excluding tert-OH is 1. The fourth-order valence-corrected chi connectivity index (χ4v) is 6.83. The molecular formula is C39H47N3O5. The minimum atomic E-state index is -0.452. The smallest absolute Gasteiger partial charge is 0.164 e. The van der Waals surface area contributed by atoms with Crippen LogP contribution in [0.25, 0.3) is 12.2 Å². The maximum absolute atomic E-state index is 11.1. The first-order valence-corrected chi connectivity index (χ1v) is 16.3. The van der Waals surface area contributed by atoms with E-state index in [1.54, 1.807) is 18.3 Å². The van der Waals surface area contributed by atoms with Gasteiger partial charge in [0, 0.05) is 24.2 Å². The summed E-state index contributed by atoms with van der Waals surface area (Å²) in [4.78, 5) is 0. The van der Waals surface area contributed by atoms with Crippen LogP contribution >= 0.6 is 0 Å². The first kappa shape index (κ1) is 33.8. The van der Waals surface area contributed by atoms with Crippen molar-refractivity contribution in [2.75, 3.05) is 6.61 Å². The van der Waals surface area contributed by atoms with Gasteiger partial charge in [-0.15, -0.1) is 0 Å². The molecule has 1 heterocycles. The molecule has 8 heteroatoms. The molecule has 5 N–H and O–H groups in total. The van der Waals surface area contributed by atoms with Gasteiger partial charge in [0.25, 0.3) is 0 Å². The van der Waals surface area contributed by atoms with Crippen LogP contribution in [0.4, 0.5) is 0 Å². The lowest BCUT2D eigenvalue weighted by molar-refractivity contribution is -0.138. The molecule has 0 amide bonds. The van der Waals surface area contributed by atoms with Crippen molar-refractivity contribution in [2.24, 2.45) is 16.4 Å². The van der Waals surface area contributed by atoms with E-state index in [1.807, 2.05) is 74.5 Å². The predicted molar refractivity (Wildman–Crippen MR) is 186 cm³/mol. The zero-order valence-corrected chi connectivity index (χ0v) is 28.0. The molecule has 2 aliphatic rings. The highest BCUT2D eigenvalue weighted by Gasteiger charge is 2.54. The van der Waals surface area contributed by atoms with E-state index in [0.29, 0.717) is 54.1 Å². The standard InChI is InChI=1S/C39H47N3O5/c1-25(2)11-14-31-32(43)18-28(20-34(31)46-24-30(42-40)23-41-22-26-9-7-6-8-10-26)13-12-27-17-29-21-35-38(3,4)36(45)15-16-39(35,5)47-37(29)33(44)19-27/h6-13,17-20,23,35-36,40-41,43-45H,14-16,21-22,24H2,1-5H3/b13-12+,30-23-,42-40?/t35-,36-,39-/m1/s1. The van der Waals surface area contributed by atoms with Crippen molar-refractivity contribution in [1.82, 2.24) is 5.32 Å². The lowest BCUT2D eigenvalue weighted by Crippen LogP contribution is -2.58. The summed E-state index contributed by atoms with van der Waals surface area (Å²) in [6.07, 6.45) is 9.64. The van der Waals surface area contributed by atoms with Gasteiger partial charge in [0.15, 0.2) is 11.5 Å². The molecule has 0 bridgehead atoms. The average Bonchev–Trinajstić information content (AvgIpc) is 3.03. The van der Waals surface area contributed by atoms with Crippen LogP contribution in [0.5, 0.6) is 23.0 Å². The number of nitrogens with one attached hydrogen (secondary N) is 2. The maximum Gasteiger partial charge on any atom is 0.164 e. The van der Waals surface area contributed by atoms with Crippen molar-refractivity contribution in [3.63, 3.8) is 0 Å². The number of nitrogens with zero attached hydrogens (tertiary/aromatic N) is 1. The van der Waals surface area contributed by atoms with Crippen LogP contribution in [-0.2, 0) is 19.4 Å². The molecule has 47 heavy (non-hydrogen) atoms. The van der Waals surface area contributed by atoms with Gasteiger partial charge < -0.3 is 30.1 Å². The Morgan fingerprint density at radius 2 is 1.74 bits per heavy atom. The number of hydrogen-bond acceptors (Lipinski definition) is 8. The van der Waals surface area contributed by atoms with Crippen molar-refractivity contribution in [3.8, 4) is 23.0 Å². The quantitative estimate of drug-likeness (QED) is 0.0818. The van der Waals surface area contributed by atoms with Gasteiger partial charge in [0.2, 0.25) is 0 Å². The van der Waals surface area contributed by atoms with Gasteiger partial charge in [-0.25, -0.2) is 5.53 Å². The molecule has 3 aromatic carbocycles. The molecule has 1 aliphatic heterocycles. The number of aliphatic hydroxyl groups is 1. The van der Waals surface area contributed by atoms with Gasteiger partial charge in [-0.05, 0) is 98.4 Å². The Hall–Kier alpha value is -4.56. The molecule has 3 atom stereocenters. The monoisotopic (exact) mass is 637 g/mol. The molecule has 3 aromatic rings. The third-order valence-electron chi connectivity index (χ3n) is 9.66. The summed E-state index contributed by atoms with van der Waals surface area (Å²) in [6, 6.07) is 17.2. The number of aromatic hydroxyl groups is 2. The van der Waals surface area contributed by atoms with Crippen molar-refractivity contribution < 1.29 is 24.8 Å². The number of phenolic OH excluding ortho intramolecular Hbond substituents is 2. The van der Waals surface area contributed by atoms with E-state index in [2.05, 4.69) is 31.2 Å². The van der Waals surface area contributed by atoms with E-state index in [4.69, 9.17) is 15.0 Å². The molecule has 5 rings (SSSR count). The van der Waals surface area contributed by atoms with Gasteiger partial charge in [0.1, 0.15) is 29.4 Å². The van der Waals surface area contributed by atoms with Crippen molar-refractivity contribution >= 4 is 12.2 Å². The normalized spacial score (nSPS) is 21.7. The van der Waals surface area contributed by atoms with Crippen LogP contribution in [0.2, 0.25) is 0 Å². The topological polar surface area (TPSA) is 127 Å². The van der Waals surface area contributed by atoms with Gasteiger partial charge in [-0.3, -0.25) is 0 Å². The van der Waals surface area contributed by atoms with Gasteiger partial charge in [0.05, 0.1) is 6.10 Å². The van der Waals surface area contributed by atoms with E-state index in [9.17, 15) is 15.3 Å². The van der Waals surface area contributed by atoms with E-state index >= 15 is 0 Å². The summed E-state index contributed by atoms with van der Waals surface area (Å²) in [6.45, 7) is 10.9. The largest absolute Gasteiger partial charge is 0.507 e. The lowest BCUT2D eigenvalue weighted by Gasteiger charge is -2.55. The van der Waals surface area contributed by atoms with Crippen molar-refractivity contribution in [3.05, 3.63) is 106 Å². The van der Waals surface area contributed by atoms with Crippen LogP contribution in [0.15, 0.2) is 83.3 Å². The number of benzene rings is 3. The molecule has 1 fully saturated rings. The highest BCUT2D eigenvalue weighted by atomic mass is 16.5. The maximum atomic E-state index is 11.1. The Labute approximate surface area is 278 Å². The SMILES string of the molecule is CC(C)=CCc1c(O)cc(/C=C/c2cc(O)c3c(c2)C[C@@H]2C(C)(C)[C@H](O)CC[C@@]2(C)O3)cc1OC/C(=C/NCc1ccccc1)N=N. The third kappa shape index (κ3) is 7.71. The van der Waals surface area contributed by atoms with Crippen molar-refractivity contribution in [2.45, 2.75) is 78.6 Å². The average molecular weight is 638 g/mol. The molecule has 248 valence electrons. The van der Waals surface area contributed by atoms with Crippen LogP contribution in [0, 0.1) is 16.9 Å². The molecular weight excluding hydrogens is 590 g/mol. The first-order valence-electron chi connectivity index (χ1n) is 16.3. The van der Waals surface area contributed by atoms with E-state index in [1.165, 1.54) is 0 Å². The van der Waals surface area contributed by atoms with E-state index < -0.39 is 11.7 Å². The first-order chi connectivity index (χ1) is 22.4. The van der Waals surface area contributed by atoms with Crippen LogP contribution in [0.3, 0.4) is 0 Å². The van der Waals surface area contributed by atoms with Gasteiger partial charge >= 0.3 is 0 Å². The molecule has 0 spiro atoms. The minimum Gasteiger partial charge on any atom is -0.507 e. The predicted octanol–water partition coefficient (Wildman–Crippen LogP) is 8.31. The van der Waals surface area contributed by atoms with Crippen LogP contribution in [-0.4, -0.2) is 33.6 Å². The lowest BCUT2D eigenvalue weighted by atomic mass is 9.57. The summed E-state index contributed by atoms with van der Waals surface area (Å²) < 4.78 is 12.6. The molecule has 0 aromatic heterocycles. The number of hydrogen-bond donors (Lipinski definition) is 5. The Kier molecular flexibility index (Phi) is 10.1. The van der Waals surface area contributed by atoms with Crippen LogP contribution < -0.4 is 14.8 Å². The highest BCUT2D eigenvalue weighted by molar-refractivity contribution is 5.73. The molecule has 0 saturated heterocycles. The second kappa shape index (κ2) is 14.1. The number of rotatable bonds is 11. The van der Waals surface area contributed by atoms with Gasteiger partial charge in [-0.2, -0.15) is 5.11 Å². The number of ether oxygens (including phenoxy) is 2. The Morgan fingerprint density at radius 1 is 1.04 bits per heavy atom. The zero-order valence-electron chi connectivity index (χ0n) is 28.0. The summed E-state index contributed by atoms with van der Waals surface area (Å²) in [5, 5.41) is 39.7. The van der Waals surface area contributed by atoms with Gasteiger partial charge in [-0.1, -0.05) is 68.0 Å². The van der Waals surface area contributed by atoms with Crippen LogP contribution in [0.1, 0.15) is 75.3 Å². The zero-order chi connectivity index (χ0) is 33.8. The number of fused-ring (bicyclic) bond motifs is 2. The summed E-state index contributed by atoms with van der Waals surface area (Å²) in [5.74, 6) is 1.31.